The third-order valence-corrected chi connectivity index (χ3v) is 16.8. The molecule has 20 heavy (non-hydrogen) atoms. The first-order valence-corrected chi connectivity index (χ1v) is 21.4. The summed E-state index contributed by atoms with van der Waals surface area (Å²) in [5.41, 5.74) is 0. The van der Waals surface area contributed by atoms with Gasteiger partial charge in [-0.25, -0.2) is 0 Å². The van der Waals surface area contributed by atoms with E-state index in [9.17, 15) is 0 Å². The fourth-order valence-electron chi connectivity index (χ4n) is 2.78. The Balaban J connectivity index is 5.65. The van der Waals surface area contributed by atoms with Gasteiger partial charge in [0, 0.05) is 12.1 Å². The van der Waals surface area contributed by atoms with Crippen LogP contribution in [-0.4, -0.2) is 41.4 Å². The normalized spacial score (nSPS) is 13.6. The highest BCUT2D eigenvalue weighted by Gasteiger charge is 2.35. The van der Waals surface area contributed by atoms with Gasteiger partial charge in [0.2, 0.25) is 0 Å². The third-order valence-electron chi connectivity index (χ3n) is 2.96. The van der Waals surface area contributed by atoms with Crippen LogP contribution >= 0.6 is 0 Å². The first kappa shape index (κ1) is 20.0. The zero-order valence-corrected chi connectivity index (χ0v) is 19.9. The van der Waals surface area contributed by atoms with Crippen molar-refractivity contribution in [1.82, 2.24) is 8.46 Å². The molecule has 0 aliphatic rings. The Hall–Kier alpha value is 0.0275. The summed E-state index contributed by atoms with van der Waals surface area (Å²) in [6.45, 7) is 28.9. The van der Waals surface area contributed by atoms with Crippen LogP contribution in [0.25, 0.3) is 0 Å². The minimum atomic E-state index is -1.38. The summed E-state index contributed by atoms with van der Waals surface area (Å²) in [5, 5.41) is 0. The van der Waals surface area contributed by atoms with Gasteiger partial charge in [-0.1, -0.05) is 78.6 Å². The van der Waals surface area contributed by atoms with Crippen molar-refractivity contribution < 1.29 is 0 Å². The van der Waals surface area contributed by atoms with Gasteiger partial charge in [0.15, 0.2) is 0 Å². The molecule has 118 valence electrons. The second-order valence-electron chi connectivity index (χ2n) is 9.58. The molecule has 0 aliphatic heterocycles. The Morgan fingerprint density at radius 2 is 0.550 bits per heavy atom. The molecule has 0 rings (SSSR count). The van der Waals surface area contributed by atoms with Gasteiger partial charge >= 0.3 is 0 Å². The number of hydrogen-bond acceptors (Lipinski definition) is 2. The maximum Gasteiger partial charge on any atom is 0.147 e. The van der Waals surface area contributed by atoms with Crippen molar-refractivity contribution in [1.29, 1.82) is 0 Å². The molecule has 0 aromatic rings. The molecule has 0 radical (unpaired) electrons. The van der Waals surface area contributed by atoms with Crippen LogP contribution in [0.3, 0.4) is 0 Å². The van der Waals surface area contributed by atoms with Crippen molar-refractivity contribution in [2.24, 2.45) is 0 Å². The molecule has 0 aromatic heterocycles. The van der Waals surface area contributed by atoms with E-state index in [1.165, 1.54) is 0 Å². The van der Waals surface area contributed by atoms with E-state index in [1.54, 1.807) is 0 Å². The average Bonchev–Trinajstić information content (AvgIpc) is 2.02. The summed E-state index contributed by atoms with van der Waals surface area (Å²) in [6, 6.07) is 7.23. The Labute approximate surface area is 132 Å². The molecule has 0 spiro atoms. The molecule has 0 saturated carbocycles. The van der Waals surface area contributed by atoms with Gasteiger partial charge in [0.05, 0.1) is 0 Å². The molecular formula is C14H36N2Si4. The molecule has 0 aromatic carbocycles. The standard InChI is InChI=1S/C14H36N2Si4/c1-17(2,3)15(18(4,5)6)13-14-16(19(7,8)9)20(10,11)12/h1-12H3. The Bertz CT molecular complexity index is 319. The van der Waals surface area contributed by atoms with Crippen molar-refractivity contribution >= 4 is 32.9 Å². The van der Waals surface area contributed by atoms with Crippen LogP contribution in [0, 0.1) is 12.1 Å². The van der Waals surface area contributed by atoms with Gasteiger partial charge in [-0.2, -0.15) is 0 Å². The van der Waals surface area contributed by atoms with Crippen molar-refractivity contribution in [3.63, 3.8) is 0 Å². The highest BCUT2D eigenvalue weighted by Crippen LogP contribution is 2.21. The summed E-state index contributed by atoms with van der Waals surface area (Å²) >= 11 is 0. The first-order valence-electron chi connectivity index (χ1n) is 7.59. The highest BCUT2D eigenvalue weighted by molar-refractivity contribution is 6.91. The summed E-state index contributed by atoms with van der Waals surface area (Å²) in [4.78, 5) is 0. The highest BCUT2D eigenvalue weighted by atomic mass is 28.4. The van der Waals surface area contributed by atoms with Gasteiger partial charge in [-0.15, -0.1) is 0 Å². The Morgan fingerprint density at radius 1 is 0.400 bits per heavy atom. The van der Waals surface area contributed by atoms with Crippen molar-refractivity contribution in [3.05, 3.63) is 0 Å². The molecule has 6 heteroatoms. The Morgan fingerprint density at radius 3 is 0.650 bits per heavy atom. The number of hydrogen-bond donors (Lipinski definition) is 0. The molecule has 0 unspecified atom stereocenters. The SMILES string of the molecule is C[Si](C)(C)N(C#CN([Si](C)(C)C)[Si](C)(C)C)[Si](C)(C)C. The van der Waals surface area contributed by atoms with Gasteiger partial charge in [0.25, 0.3) is 0 Å². The van der Waals surface area contributed by atoms with E-state index in [2.05, 4.69) is 99.1 Å². The monoisotopic (exact) mass is 344 g/mol. The van der Waals surface area contributed by atoms with E-state index in [4.69, 9.17) is 0 Å². The molecule has 0 atom stereocenters. The van der Waals surface area contributed by atoms with Gasteiger partial charge in [0.1, 0.15) is 32.9 Å². The second kappa shape index (κ2) is 6.03. The van der Waals surface area contributed by atoms with Crippen LogP contribution in [0.1, 0.15) is 0 Å². The van der Waals surface area contributed by atoms with E-state index in [-0.39, 0.29) is 0 Å². The maximum absolute atomic E-state index is 3.61. The van der Waals surface area contributed by atoms with Gasteiger partial charge in [-0.05, 0) is 0 Å². The van der Waals surface area contributed by atoms with Crippen LogP contribution in [0.2, 0.25) is 78.6 Å². The maximum atomic E-state index is 3.61. The Kier molecular flexibility index (Phi) is 6.04. The van der Waals surface area contributed by atoms with Crippen LogP contribution in [0.15, 0.2) is 0 Å². The molecule has 0 amide bonds. The molecule has 0 saturated heterocycles. The third kappa shape index (κ3) is 6.20. The second-order valence-corrected chi connectivity index (χ2v) is 29.6. The fourth-order valence-corrected chi connectivity index (χ4v) is 20.4. The molecule has 0 aliphatic carbocycles. The minimum Gasteiger partial charge on any atom is -0.383 e. The molecule has 0 heterocycles. The van der Waals surface area contributed by atoms with Crippen molar-refractivity contribution in [2.45, 2.75) is 78.6 Å². The van der Waals surface area contributed by atoms with E-state index in [0.29, 0.717) is 0 Å². The quantitative estimate of drug-likeness (QED) is 0.409. The largest absolute Gasteiger partial charge is 0.383 e. The zero-order chi connectivity index (χ0) is 16.6. The number of nitrogens with zero attached hydrogens (tertiary/aromatic N) is 2. The summed E-state index contributed by atoms with van der Waals surface area (Å²) in [5.74, 6) is 0. The molecule has 0 bridgehead atoms. The molecule has 0 fully saturated rings. The predicted octanol–water partition coefficient (Wildman–Crippen LogP) is 4.85. The first-order chi connectivity index (χ1) is 8.47. The van der Waals surface area contributed by atoms with Crippen molar-refractivity contribution in [3.8, 4) is 12.1 Å². The minimum absolute atomic E-state index is 1.38. The topological polar surface area (TPSA) is 6.48 Å². The fraction of sp³-hybridized carbons (Fsp3) is 0.857. The average molecular weight is 345 g/mol. The van der Waals surface area contributed by atoms with Crippen LogP contribution in [0.5, 0.6) is 0 Å². The lowest BCUT2D eigenvalue weighted by Gasteiger charge is -2.43. The smallest absolute Gasteiger partial charge is 0.147 e. The lowest BCUT2D eigenvalue weighted by molar-refractivity contribution is 0.832. The zero-order valence-electron chi connectivity index (χ0n) is 15.9. The van der Waals surface area contributed by atoms with E-state index >= 15 is 0 Å². The molecule has 0 N–H and O–H groups in total. The van der Waals surface area contributed by atoms with Gasteiger partial charge < -0.3 is 8.46 Å². The van der Waals surface area contributed by atoms with E-state index in [0.717, 1.165) is 0 Å². The van der Waals surface area contributed by atoms with Crippen LogP contribution < -0.4 is 0 Å². The van der Waals surface area contributed by atoms with Crippen LogP contribution in [0.4, 0.5) is 0 Å². The van der Waals surface area contributed by atoms with E-state index < -0.39 is 32.9 Å². The summed E-state index contributed by atoms with van der Waals surface area (Å²) in [7, 11) is -5.53. The summed E-state index contributed by atoms with van der Waals surface area (Å²) in [6.07, 6.45) is 0. The lowest BCUT2D eigenvalue weighted by atomic mass is 11.1. The lowest BCUT2D eigenvalue weighted by Crippen LogP contribution is -2.58. The van der Waals surface area contributed by atoms with E-state index in [1.807, 2.05) is 0 Å². The number of rotatable bonds is 4. The molecular weight excluding hydrogens is 309 g/mol. The summed E-state index contributed by atoms with van der Waals surface area (Å²) < 4.78 is 5.15. The predicted molar refractivity (Wildman–Crippen MR) is 105 cm³/mol. The molecule has 2 nitrogen and oxygen atoms in total. The van der Waals surface area contributed by atoms with Crippen molar-refractivity contribution in [2.75, 3.05) is 0 Å². The van der Waals surface area contributed by atoms with Gasteiger partial charge in [-0.3, -0.25) is 0 Å². The van der Waals surface area contributed by atoms with Crippen LogP contribution in [-0.2, 0) is 0 Å².